The Morgan fingerprint density at radius 2 is 2.10 bits per heavy atom. The summed E-state index contributed by atoms with van der Waals surface area (Å²) >= 11 is 1.62. The topological polar surface area (TPSA) is 43.4 Å². The smallest absolute Gasteiger partial charge is 0.140 e. The maximum atomic E-state index is 5.72. The molecule has 1 aromatic carbocycles. The molecule has 4 nitrogen and oxygen atoms in total. The van der Waals surface area contributed by atoms with Crippen LogP contribution in [-0.4, -0.2) is 18.1 Å². The Bertz CT molecular complexity index is 540. The third-order valence-electron chi connectivity index (χ3n) is 2.69. The summed E-state index contributed by atoms with van der Waals surface area (Å²) < 4.78 is 10.9. The van der Waals surface area contributed by atoms with Gasteiger partial charge in [0.15, 0.2) is 0 Å². The van der Waals surface area contributed by atoms with E-state index in [2.05, 4.69) is 29.5 Å². The SMILES string of the molecule is COc1cccc(OCc2nc(CNC(C)C)cs2)c1. The molecule has 1 N–H and O–H groups in total. The zero-order valence-corrected chi connectivity index (χ0v) is 12.9. The molecule has 20 heavy (non-hydrogen) atoms. The molecule has 2 rings (SSSR count). The molecule has 0 fully saturated rings. The normalized spacial score (nSPS) is 10.8. The number of methoxy groups -OCH3 is 1. The average molecular weight is 292 g/mol. The Morgan fingerprint density at radius 3 is 2.85 bits per heavy atom. The molecule has 0 unspecified atom stereocenters. The van der Waals surface area contributed by atoms with Crippen molar-refractivity contribution in [2.24, 2.45) is 0 Å². The maximum absolute atomic E-state index is 5.72. The molecule has 0 spiro atoms. The van der Waals surface area contributed by atoms with Crippen molar-refractivity contribution < 1.29 is 9.47 Å². The molecule has 0 saturated carbocycles. The highest BCUT2D eigenvalue weighted by atomic mass is 32.1. The minimum absolute atomic E-state index is 0.466. The highest BCUT2D eigenvalue weighted by Gasteiger charge is 2.04. The van der Waals surface area contributed by atoms with Gasteiger partial charge in [-0.15, -0.1) is 11.3 Å². The fraction of sp³-hybridized carbons (Fsp3) is 0.400. The standard InChI is InChI=1S/C15H20N2O2S/c1-11(2)16-8-12-10-20-15(17-12)9-19-14-6-4-5-13(7-14)18-3/h4-7,10-11,16H,8-9H2,1-3H3. The largest absolute Gasteiger partial charge is 0.497 e. The number of nitrogens with one attached hydrogen (secondary N) is 1. The van der Waals surface area contributed by atoms with Gasteiger partial charge in [0.2, 0.25) is 0 Å². The number of nitrogens with zero attached hydrogens (tertiary/aromatic N) is 1. The summed E-state index contributed by atoms with van der Waals surface area (Å²) in [6, 6.07) is 8.06. The summed E-state index contributed by atoms with van der Waals surface area (Å²) in [6.45, 7) is 5.53. The van der Waals surface area contributed by atoms with Crippen LogP contribution in [0.3, 0.4) is 0 Å². The summed E-state index contributed by atoms with van der Waals surface area (Å²) in [6.07, 6.45) is 0. The van der Waals surface area contributed by atoms with Crippen molar-refractivity contribution in [1.29, 1.82) is 0 Å². The van der Waals surface area contributed by atoms with E-state index >= 15 is 0 Å². The number of ether oxygens (including phenoxy) is 2. The quantitative estimate of drug-likeness (QED) is 0.851. The van der Waals surface area contributed by atoms with Crippen LogP contribution in [0.5, 0.6) is 11.5 Å². The Balaban J connectivity index is 1.87. The van der Waals surface area contributed by atoms with Crippen molar-refractivity contribution in [3.63, 3.8) is 0 Å². The van der Waals surface area contributed by atoms with Crippen LogP contribution in [0.2, 0.25) is 0 Å². The second kappa shape index (κ2) is 7.26. The van der Waals surface area contributed by atoms with E-state index in [1.165, 1.54) is 0 Å². The highest BCUT2D eigenvalue weighted by Crippen LogP contribution is 2.20. The van der Waals surface area contributed by atoms with E-state index in [1.807, 2.05) is 24.3 Å². The third-order valence-corrected chi connectivity index (χ3v) is 3.57. The number of benzene rings is 1. The zero-order valence-electron chi connectivity index (χ0n) is 12.1. The Hall–Kier alpha value is -1.59. The fourth-order valence-corrected chi connectivity index (χ4v) is 2.35. The summed E-state index contributed by atoms with van der Waals surface area (Å²) in [5.74, 6) is 1.59. The second-order valence-electron chi connectivity index (χ2n) is 4.74. The second-order valence-corrected chi connectivity index (χ2v) is 5.68. The lowest BCUT2D eigenvalue weighted by Crippen LogP contribution is -2.21. The van der Waals surface area contributed by atoms with Gasteiger partial charge in [-0.1, -0.05) is 19.9 Å². The first-order valence-corrected chi connectivity index (χ1v) is 7.49. The van der Waals surface area contributed by atoms with Crippen molar-refractivity contribution in [2.75, 3.05) is 7.11 Å². The van der Waals surface area contributed by atoms with E-state index in [9.17, 15) is 0 Å². The molecule has 0 aliphatic rings. The summed E-state index contributed by atoms with van der Waals surface area (Å²) in [7, 11) is 1.65. The molecule has 2 aromatic rings. The van der Waals surface area contributed by atoms with Gasteiger partial charge >= 0.3 is 0 Å². The van der Waals surface area contributed by atoms with Gasteiger partial charge in [-0.25, -0.2) is 4.98 Å². The van der Waals surface area contributed by atoms with E-state index in [-0.39, 0.29) is 0 Å². The number of thiazole rings is 1. The van der Waals surface area contributed by atoms with Crippen LogP contribution >= 0.6 is 11.3 Å². The summed E-state index contributed by atoms with van der Waals surface area (Å²) in [5, 5.41) is 6.40. The van der Waals surface area contributed by atoms with Gasteiger partial charge < -0.3 is 14.8 Å². The number of rotatable bonds is 7. The minimum atomic E-state index is 0.466. The number of hydrogen-bond acceptors (Lipinski definition) is 5. The van der Waals surface area contributed by atoms with E-state index in [0.29, 0.717) is 12.6 Å². The fourth-order valence-electron chi connectivity index (χ4n) is 1.64. The molecular formula is C15H20N2O2S. The Morgan fingerprint density at radius 1 is 1.30 bits per heavy atom. The van der Waals surface area contributed by atoms with Crippen LogP contribution in [0, 0.1) is 0 Å². The molecular weight excluding hydrogens is 272 g/mol. The van der Waals surface area contributed by atoms with E-state index < -0.39 is 0 Å². The van der Waals surface area contributed by atoms with Crippen LogP contribution < -0.4 is 14.8 Å². The van der Waals surface area contributed by atoms with E-state index in [4.69, 9.17) is 9.47 Å². The van der Waals surface area contributed by atoms with Crippen LogP contribution in [-0.2, 0) is 13.2 Å². The first kappa shape index (κ1) is 14.8. The molecule has 0 radical (unpaired) electrons. The van der Waals surface area contributed by atoms with Gasteiger partial charge in [-0.05, 0) is 12.1 Å². The van der Waals surface area contributed by atoms with Gasteiger partial charge in [0.1, 0.15) is 23.1 Å². The Kier molecular flexibility index (Phi) is 5.38. The molecule has 0 atom stereocenters. The first-order valence-electron chi connectivity index (χ1n) is 6.61. The van der Waals surface area contributed by atoms with Crippen molar-refractivity contribution in [3.05, 3.63) is 40.3 Å². The molecule has 0 aliphatic heterocycles. The van der Waals surface area contributed by atoms with Crippen LogP contribution in [0.15, 0.2) is 29.6 Å². The molecule has 108 valence electrons. The zero-order chi connectivity index (χ0) is 14.4. The lowest BCUT2D eigenvalue weighted by atomic mass is 10.3. The van der Waals surface area contributed by atoms with Gasteiger partial charge in [-0.2, -0.15) is 0 Å². The highest BCUT2D eigenvalue weighted by molar-refractivity contribution is 7.09. The molecule has 0 bridgehead atoms. The maximum Gasteiger partial charge on any atom is 0.140 e. The van der Waals surface area contributed by atoms with Crippen molar-refractivity contribution in [3.8, 4) is 11.5 Å². The predicted octanol–water partition coefficient (Wildman–Crippen LogP) is 3.23. The van der Waals surface area contributed by atoms with Crippen molar-refractivity contribution in [1.82, 2.24) is 10.3 Å². The van der Waals surface area contributed by atoms with Crippen LogP contribution in [0.25, 0.3) is 0 Å². The lowest BCUT2D eigenvalue weighted by Gasteiger charge is -2.06. The van der Waals surface area contributed by atoms with E-state index in [0.717, 1.165) is 28.7 Å². The predicted molar refractivity (Wildman–Crippen MR) is 81.4 cm³/mol. The number of aromatic nitrogens is 1. The van der Waals surface area contributed by atoms with Crippen molar-refractivity contribution in [2.45, 2.75) is 33.0 Å². The summed E-state index contributed by atoms with van der Waals surface area (Å²) in [5.41, 5.74) is 1.06. The van der Waals surface area contributed by atoms with Gasteiger partial charge in [0.05, 0.1) is 12.8 Å². The Labute approximate surface area is 123 Å². The van der Waals surface area contributed by atoms with Gasteiger partial charge in [-0.3, -0.25) is 0 Å². The monoisotopic (exact) mass is 292 g/mol. The first-order chi connectivity index (χ1) is 9.67. The minimum Gasteiger partial charge on any atom is -0.497 e. The number of hydrogen-bond donors (Lipinski definition) is 1. The third kappa shape index (κ3) is 4.51. The van der Waals surface area contributed by atoms with Crippen LogP contribution in [0.1, 0.15) is 24.5 Å². The molecule has 0 amide bonds. The molecule has 1 aromatic heterocycles. The summed E-state index contributed by atoms with van der Waals surface area (Å²) in [4.78, 5) is 4.54. The molecule has 1 heterocycles. The lowest BCUT2D eigenvalue weighted by molar-refractivity contribution is 0.302. The van der Waals surface area contributed by atoms with Crippen molar-refractivity contribution >= 4 is 11.3 Å². The van der Waals surface area contributed by atoms with Gasteiger partial charge in [0.25, 0.3) is 0 Å². The van der Waals surface area contributed by atoms with Crippen LogP contribution in [0.4, 0.5) is 0 Å². The average Bonchev–Trinajstić information content (AvgIpc) is 2.91. The van der Waals surface area contributed by atoms with E-state index in [1.54, 1.807) is 18.4 Å². The molecule has 0 saturated heterocycles. The molecule has 0 aliphatic carbocycles. The molecule has 5 heteroatoms. The van der Waals surface area contributed by atoms with Gasteiger partial charge in [0, 0.05) is 24.0 Å².